The van der Waals surface area contributed by atoms with E-state index >= 15 is 0 Å². The summed E-state index contributed by atoms with van der Waals surface area (Å²) in [5, 5.41) is 4.29. The number of aromatic nitrogens is 2. The SMILES string of the molecule is Cc1ccc(N2C(=S)N[C@H](c3ccccn3)[C@@H]2c2cc(C)n(-c3ccc(C)cc3)c2C)cc1. The average molecular weight is 453 g/mol. The predicted molar refractivity (Wildman–Crippen MR) is 139 cm³/mol. The molecule has 4 nitrogen and oxygen atoms in total. The summed E-state index contributed by atoms with van der Waals surface area (Å²) < 4.78 is 2.33. The molecule has 1 fully saturated rings. The molecule has 0 unspecified atom stereocenters. The summed E-state index contributed by atoms with van der Waals surface area (Å²) in [6, 6.07) is 25.6. The topological polar surface area (TPSA) is 33.1 Å². The summed E-state index contributed by atoms with van der Waals surface area (Å²) in [6.07, 6.45) is 1.85. The summed E-state index contributed by atoms with van der Waals surface area (Å²) in [5.74, 6) is 0. The highest BCUT2D eigenvalue weighted by Gasteiger charge is 2.42. The third-order valence-electron chi connectivity index (χ3n) is 6.49. The van der Waals surface area contributed by atoms with Crippen molar-refractivity contribution in [3.05, 3.63) is 113 Å². The van der Waals surface area contributed by atoms with Crippen molar-refractivity contribution in [2.75, 3.05) is 4.90 Å². The van der Waals surface area contributed by atoms with Crippen LogP contribution in [0.2, 0.25) is 0 Å². The Morgan fingerprint density at radius 3 is 2.06 bits per heavy atom. The minimum Gasteiger partial charge on any atom is -0.351 e. The number of anilines is 1. The molecule has 1 saturated heterocycles. The van der Waals surface area contributed by atoms with Gasteiger partial charge < -0.3 is 14.8 Å². The van der Waals surface area contributed by atoms with Gasteiger partial charge in [0.05, 0.1) is 17.8 Å². The lowest BCUT2D eigenvalue weighted by Gasteiger charge is -2.28. The highest BCUT2D eigenvalue weighted by molar-refractivity contribution is 7.80. The van der Waals surface area contributed by atoms with Crippen molar-refractivity contribution in [3.63, 3.8) is 0 Å². The maximum atomic E-state index is 5.88. The van der Waals surface area contributed by atoms with E-state index in [0.717, 1.165) is 16.5 Å². The quantitative estimate of drug-likeness (QED) is 0.369. The number of thiocarbonyl (C=S) groups is 1. The first-order chi connectivity index (χ1) is 15.9. The molecule has 2 atom stereocenters. The zero-order chi connectivity index (χ0) is 23.1. The van der Waals surface area contributed by atoms with E-state index in [1.54, 1.807) is 0 Å². The normalized spacial score (nSPS) is 17.9. The van der Waals surface area contributed by atoms with Crippen LogP contribution in [0, 0.1) is 27.7 Å². The zero-order valence-corrected chi connectivity index (χ0v) is 20.2. The smallest absolute Gasteiger partial charge is 0.174 e. The summed E-state index contributed by atoms with van der Waals surface area (Å²) in [7, 11) is 0. The van der Waals surface area contributed by atoms with Crippen molar-refractivity contribution >= 4 is 23.0 Å². The van der Waals surface area contributed by atoms with Gasteiger partial charge in [-0.05, 0) is 87.9 Å². The van der Waals surface area contributed by atoms with Crippen molar-refractivity contribution in [1.29, 1.82) is 0 Å². The first kappa shape index (κ1) is 21.4. The number of nitrogens with one attached hydrogen (secondary N) is 1. The molecule has 3 heterocycles. The predicted octanol–water partition coefficient (Wildman–Crippen LogP) is 6.28. The van der Waals surface area contributed by atoms with Crippen molar-refractivity contribution in [2.45, 2.75) is 39.8 Å². The molecule has 5 heteroatoms. The molecule has 0 radical (unpaired) electrons. The lowest BCUT2D eigenvalue weighted by molar-refractivity contribution is 0.565. The molecule has 0 spiro atoms. The van der Waals surface area contributed by atoms with Crippen LogP contribution in [-0.2, 0) is 0 Å². The standard InChI is InChI=1S/C28H28N4S/c1-18-8-12-22(13-9-18)31-20(3)17-24(21(31)4)27-26(25-7-5-6-16-29-25)30-28(33)32(27)23-14-10-19(2)11-15-23/h5-17,26-27H,1-4H3,(H,30,33)/t26-,27+/m1/s1. The number of aryl methyl sites for hydroxylation is 3. The molecule has 1 aliphatic heterocycles. The number of pyridine rings is 1. The van der Waals surface area contributed by atoms with Gasteiger partial charge in [-0.25, -0.2) is 0 Å². The van der Waals surface area contributed by atoms with Crippen LogP contribution in [0.25, 0.3) is 5.69 Å². The van der Waals surface area contributed by atoms with Gasteiger partial charge in [-0.3, -0.25) is 4.98 Å². The molecule has 1 N–H and O–H groups in total. The van der Waals surface area contributed by atoms with E-state index in [-0.39, 0.29) is 12.1 Å². The van der Waals surface area contributed by atoms with E-state index in [0.29, 0.717) is 0 Å². The Morgan fingerprint density at radius 2 is 1.45 bits per heavy atom. The monoisotopic (exact) mass is 452 g/mol. The molecule has 0 bridgehead atoms. The Morgan fingerprint density at radius 1 is 0.818 bits per heavy atom. The average Bonchev–Trinajstić information content (AvgIpc) is 3.31. The molecular formula is C28H28N4S. The molecule has 33 heavy (non-hydrogen) atoms. The van der Waals surface area contributed by atoms with Crippen molar-refractivity contribution in [2.24, 2.45) is 0 Å². The fourth-order valence-corrected chi connectivity index (χ4v) is 5.18. The number of nitrogens with zero attached hydrogens (tertiary/aromatic N) is 3. The van der Waals surface area contributed by atoms with Gasteiger partial charge in [-0.2, -0.15) is 0 Å². The van der Waals surface area contributed by atoms with Crippen molar-refractivity contribution in [1.82, 2.24) is 14.9 Å². The first-order valence-corrected chi connectivity index (χ1v) is 11.7. The van der Waals surface area contributed by atoms with Crippen LogP contribution in [-0.4, -0.2) is 14.7 Å². The summed E-state index contributed by atoms with van der Waals surface area (Å²) >= 11 is 5.88. The van der Waals surface area contributed by atoms with E-state index in [1.165, 1.54) is 33.8 Å². The van der Waals surface area contributed by atoms with Crippen molar-refractivity contribution in [3.8, 4) is 5.69 Å². The molecule has 2 aromatic heterocycles. The Balaban J connectivity index is 1.67. The third kappa shape index (κ3) is 3.83. The van der Waals surface area contributed by atoms with Gasteiger partial charge in [-0.15, -0.1) is 0 Å². The molecule has 4 aromatic rings. The molecule has 0 aliphatic carbocycles. The molecule has 2 aromatic carbocycles. The Kier molecular flexibility index (Phi) is 5.51. The second-order valence-corrected chi connectivity index (χ2v) is 9.22. The van der Waals surface area contributed by atoms with Gasteiger partial charge in [0.15, 0.2) is 5.11 Å². The summed E-state index contributed by atoms with van der Waals surface area (Å²) in [5.41, 5.74) is 9.39. The second-order valence-electron chi connectivity index (χ2n) is 8.83. The van der Waals surface area contributed by atoms with E-state index in [1.807, 2.05) is 18.3 Å². The van der Waals surface area contributed by atoms with Crippen LogP contribution in [0.15, 0.2) is 79.0 Å². The maximum absolute atomic E-state index is 5.88. The third-order valence-corrected chi connectivity index (χ3v) is 6.81. The van der Waals surface area contributed by atoms with Gasteiger partial charge in [-0.1, -0.05) is 41.5 Å². The van der Waals surface area contributed by atoms with Gasteiger partial charge in [0, 0.05) is 29.0 Å². The van der Waals surface area contributed by atoms with Crippen LogP contribution in [0.3, 0.4) is 0 Å². The number of rotatable bonds is 4. The second kappa shape index (κ2) is 8.49. The van der Waals surface area contributed by atoms with Crippen LogP contribution in [0.1, 0.15) is 45.9 Å². The van der Waals surface area contributed by atoms with Crippen LogP contribution in [0.4, 0.5) is 5.69 Å². The minimum absolute atomic E-state index is 0.0134. The van der Waals surface area contributed by atoms with Gasteiger partial charge in [0.1, 0.15) is 0 Å². The molecular weight excluding hydrogens is 424 g/mol. The highest BCUT2D eigenvalue weighted by Crippen LogP contribution is 2.43. The van der Waals surface area contributed by atoms with Crippen LogP contribution < -0.4 is 10.2 Å². The fraction of sp³-hybridized carbons (Fsp3) is 0.214. The number of benzene rings is 2. The molecule has 166 valence electrons. The minimum atomic E-state index is -0.0491. The van der Waals surface area contributed by atoms with Crippen molar-refractivity contribution < 1.29 is 0 Å². The molecule has 1 aliphatic rings. The Bertz CT molecular complexity index is 1290. The zero-order valence-electron chi connectivity index (χ0n) is 19.4. The molecule has 5 rings (SSSR count). The van der Waals surface area contributed by atoms with Crippen LogP contribution >= 0.6 is 12.2 Å². The van der Waals surface area contributed by atoms with E-state index in [2.05, 4.69) is 108 Å². The van der Waals surface area contributed by atoms with Gasteiger partial charge in [0.25, 0.3) is 0 Å². The van der Waals surface area contributed by atoms with E-state index < -0.39 is 0 Å². The summed E-state index contributed by atoms with van der Waals surface area (Å²) in [6.45, 7) is 8.59. The highest BCUT2D eigenvalue weighted by atomic mass is 32.1. The number of hydrogen-bond acceptors (Lipinski definition) is 2. The molecule has 0 amide bonds. The summed E-state index contributed by atoms with van der Waals surface area (Å²) in [4.78, 5) is 6.93. The number of hydrogen-bond donors (Lipinski definition) is 1. The fourth-order valence-electron chi connectivity index (χ4n) is 4.83. The van der Waals surface area contributed by atoms with E-state index in [9.17, 15) is 0 Å². The maximum Gasteiger partial charge on any atom is 0.174 e. The molecule has 0 saturated carbocycles. The lowest BCUT2D eigenvalue weighted by atomic mass is 9.96. The first-order valence-electron chi connectivity index (χ1n) is 11.3. The largest absolute Gasteiger partial charge is 0.351 e. The van der Waals surface area contributed by atoms with Gasteiger partial charge >= 0.3 is 0 Å². The van der Waals surface area contributed by atoms with Crippen LogP contribution in [0.5, 0.6) is 0 Å². The Labute approximate surface area is 200 Å². The Hall–Kier alpha value is -3.44. The lowest BCUT2D eigenvalue weighted by Crippen LogP contribution is -2.29. The van der Waals surface area contributed by atoms with Gasteiger partial charge in [0.2, 0.25) is 0 Å². The van der Waals surface area contributed by atoms with E-state index in [4.69, 9.17) is 12.2 Å².